The van der Waals surface area contributed by atoms with E-state index in [4.69, 9.17) is 4.74 Å². The van der Waals surface area contributed by atoms with Gasteiger partial charge >= 0.3 is 0 Å². The van der Waals surface area contributed by atoms with Crippen LogP contribution in [0.15, 0.2) is 72.8 Å². The summed E-state index contributed by atoms with van der Waals surface area (Å²) < 4.78 is 6.28. The molecule has 3 aromatic carbocycles. The first kappa shape index (κ1) is 26.9. The highest BCUT2D eigenvalue weighted by Crippen LogP contribution is 2.44. The lowest BCUT2D eigenvalue weighted by Gasteiger charge is -2.44. The molecule has 5 rings (SSSR count). The number of hydrogen-bond acceptors (Lipinski definition) is 4. The minimum absolute atomic E-state index is 0.0472. The van der Waals surface area contributed by atoms with Crippen molar-refractivity contribution in [1.29, 1.82) is 0 Å². The predicted molar refractivity (Wildman–Crippen MR) is 155 cm³/mol. The number of ether oxygens (including phenoxy) is 1. The summed E-state index contributed by atoms with van der Waals surface area (Å²) >= 11 is 0. The third kappa shape index (κ3) is 6.01. The molecule has 0 atom stereocenters. The molecule has 0 radical (unpaired) electrons. The van der Waals surface area contributed by atoms with Crippen LogP contribution < -0.4 is 10.1 Å². The number of fused-ring (bicyclic) bond motifs is 2. The maximum Gasteiger partial charge on any atom is 0.253 e. The second-order valence-corrected chi connectivity index (χ2v) is 10.7. The van der Waals surface area contributed by atoms with E-state index in [0.717, 1.165) is 67.0 Å². The summed E-state index contributed by atoms with van der Waals surface area (Å²) in [6.45, 7) is 8.85. The number of likely N-dealkylation sites (tertiary alicyclic amines) is 1. The van der Waals surface area contributed by atoms with E-state index in [1.165, 1.54) is 5.56 Å². The molecular weight excluding hydrogens is 486 g/mol. The van der Waals surface area contributed by atoms with Crippen LogP contribution in [0.4, 0.5) is 5.69 Å². The number of para-hydroxylation sites is 2. The Bertz CT molecular complexity index is 1290. The van der Waals surface area contributed by atoms with Crippen LogP contribution in [0.3, 0.4) is 0 Å². The molecule has 6 nitrogen and oxygen atoms in total. The minimum atomic E-state index is -0.0472. The van der Waals surface area contributed by atoms with E-state index in [2.05, 4.69) is 28.4 Å². The highest BCUT2D eigenvalue weighted by atomic mass is 16.5. The van der Waals surface area contributed by atoms with Gasteiger partial charge in [-0.15, -0.1) is 0 Å². The van der Waals surface area contributed by atoms with E-state index in [1.54, 1.807) is 0 Å². The monoisotopic (exact) mass is 525 g/mol. The predicted octanol–water partition coefficient (Wildman–Crippen LogP) is 5.51. The summed E-state index contributed by atoms with van der Waals surface area (Å²) in [6, 6.07) is 24.4. The van der Waals surface area contributed by atoms with E-state index in [-0.39, 0.29) is 17.2 Å². The molecule has 2 aliphatic rings. The normalized spacial score (nSPS) is 16.4. The van der Waals surface area contributed by atoms with E-state index >= 15 is 0 Å². The zero-order valence-corrected chi connectivity index (χ0v) is 23.1. The minimum Gasteiger partial charge on any atom is -0.492 e. The third-order valence-corrected chi connectivity index (χ3v) is 8.37. The lowest BCUT2D eigenvalue weighted by atomic mass is 9.68. The largest absolute Gasteiger partial charge is 0.492 e. The van der Waals surface area contributed by atoms with Gasteiger partial charge in [-0.3, -0.25) is 14.5 Å². The fraction of sp³-hybridized carbons (Fsp3) is 0.394. The molecule has 1 fully saturated rings. The fourth-order valence-electron chi connectivity index (χ4n) is 6.06. The number of amides is 2. The first-order valence-corrected chi connectivity index (χ1v) is 14.2. The van der Waals surface area contributed by atoms with Gasteiger partial charge in [0.1, 0.15) is 12.4 Å². The van der Waals surface area contributed by atoms with E-state index in [1.807, 2.05) is 73.3 Å². The lowest BCUT2D eigenvalue weighted by molar-refractivity contribution is -0.118. The van der Waals surface area contributed by atoms with Crippen molar-refractivity contribution in [2.75, 3.05) is 44.6 Å². The van der Waals surface area contributed by atoms with Crippen molar-refractivity contribution in [3.05, 3.63) is 95.1 Å². The lowest BCUT2D eigenvalue weighted by Crippen LogP contribution is -2.47. The van der Waals surface area contributed by atoms with Crippen molar-refractivity contribution < 1.29 is 14.3 Å². The van der Waals surface area contributed by atoms with Crippen molar-refractivity contribution >= 4 is 17.5 Å². The van der Waals surface area contributed by atoms with E-state index in [0.29, 0.717) is 26.1 Å². The van der Waals surface area contributed by atoms with Gasteiger partial charge in [0.05, 0.1) is 0 Å². The second-order valence-electron chi connectivity index (χ2n) is 10.7. The highest BCUT2D eigenvalue weighted by molar-refractivity contribution is 5.95. The second kappa shape index (κ2) is 12.0. The molecule has 2 aliphatic heterocycles. The zero-order valence-electron chi connectivity index (χ0n) is 23.1. The fourth-order valence-corrected chi connectivity index (χ4v) is 6.06. The van der Waals surface area contributed by atoms with E-state index in [9.17, 15) is 9.59 Å². The van der Waals surface area contributed by atoms with Gasteiger partial charge < -0.3 is 15.0 Å². The molecular formula is C33H39N3O3. The molecule has 0 unspecified atom stereocenters. The van der Waals surface area contributed by atoms with Gasteiger partial charge in [0.25, 0.3) is 5.91 Å². The maximum atomic E-state index is 12.6. The molecule has 1 N–H and O–H groups in total. The Kier molecular flexibility index (Phi) is 8.32. The standard InChI is InChI=1S/C33H39N3O3/c1-3-36(4-2)32(38)26-15-13-25(14-16-26)23-27-9-5-8-12-30(27)39-22-21-35-19-17-33(18-20-35)24-31(37)34-29-11-7-6-10-28(29)33/h5-16H,3-4,17-24H2,1-2H3,(H,34,37). The number of carbonyl (C=O) groups is 2. The molecule has 204 valence electrons. The van der Waals surface area contributed by atoms with Crippen LogP contribution in [0, 0.1) is 0 Å². The Morgan fingerprint density at radius 2 is 1.64 bits per heavy atom. The first-order valence-electron chi connectivity index (χ1n) is 14.2. The average Bonchev–Trinajstić information content (AvgIpc) is 2.96. The van der Waals surface area contributed by atoms with Crippen LogP contribution in [0.5, 0.6) is 5.75 Å². The number of hydrogen-bond donors (Lipinski definition) is 1. The van der Waals surface area contributed by atoms with Gasteiger partial charge in [-0.1, -0.05) is 48.5 Å². The van der Waals surface area contributed by atoms with Crippen molar-refractivity contribution in [3.63, 3.8) is 0 Å². The van der Waals surface area contributed by atoms with Gasteiger partial charge in [-0.25, -0.2) is 0 Å². The summed E-state index contributed by atoms with van der Waals surface area (Å²) in [4.78, 5) is 29.3. The van der Waals surface area contributed by atoms with Crippen LogP contribution >= 0.6 is 0 Å². The summed E-state index contributed by atoms with van der Waals surface area (Å²) in [5.41, 5.74) is 5.25. The number of carbonyl (C=O) groups excluding carboxylic acids is 2. The quantitative estimate of drug-likeness (QED) is 0.400. The average molecular weight is 526 g/mol. The highest BCUT2D eigenvalue weighted by Gasteiger charge is 2.42. The van der Waals surface area contributed by atoms with Gasteiger partial charge in [0.2, 0.25) is 5.91 Å². The van der Waals surface area contributed by atoms with Crippen molar-refractivity contribution in [3.8, 4) is 5.75 Å². The number of anilines is 1. The summed E-state index contributed by atoms with van der Waals surface area (Å²) in [6.07, 6.45) is 3.30. The molecule has 0 aliphatic carbocycles. The Morgan fingerprint density at radius 1 is 0.949 bits per heavy atom. The topological polar surface area (TPSA) is 61.9 Å². The van der Waals surface area contributed by atoms with Crippen molar-refractivity contribution in [2.24, 2.45) is 0 Å². The molecule has 2 amide bonds. The summed E-state index contributed by atoms with van der Waals surface area (Å²) in [5.74, 6) is 1.12. The summed E-state index contributed by atoms with van der Waals surface area (Å²) in [5, 5.41) is 3.05. The van der Waals surface area contributed by atoms with Crippen molar-refractivity contribution in [1.82, 2.24) is 9.80 Å². The van der Waals surface area contributed by atoms with Crippen LogP contribution in [0.2, 0.25) is 0 Å². The molecule has 3 aromatic rings. The molecule has 0 saturated carbocycles. The van der Waals surface area contributed by atoms with Gasteiger partial charge in [-0.05, 0) is 80.7 Å². The number of piperidine rings is 1. The molecule has 1 spiro atoms. The molecule has 39 heavy (non-hydrogen) atoms. The van der Waals surface area contributed by atoms with E-state index < -0.39 is 0 Å². The molecule has 0 bridgehead atoms. The molecule has 2 heterocycles. The molecule has 6 heteroatoms. The third-order valence-electron chi connectivity index (χ3n) is 8.37. The molecule has 1 saturated heterocycles. The van der Waals surface area contributed by atoms with Crippen molar-refractivity contribution in [2.45, 2.75) is 44.9 Å². The smallest absolute Gasteiger partial charge is 0.253 e. The maximum absolute atomic E-state index is 12.6. The Morgan fingerprint density at radius 3 is 2.38 bits per heavy atom. The van der Waals surface area contributed by atoms with Gasteiger partial charge in [0, 0.05) is 49.1 Å². The SMILES string of the molecule is CCN(CC)C(=O)c1ccc(Cc2ccccc2OCCN2CCC3(CC2)CC(=O)Nc2ccccc23)cc1. The Labute approximate surface area is 232 Å². The number of benzene rings is 3. The number of nitrogens with one attached hydrogen (secondary N) is 1. The molecule has 0 aromatic heterocycles. The van der Waals surface area contributed by atoms with Crippen LogP contribution in [0.25, 0.3) is 0 Å². The Hall–Kier alpha value is -3.64. The Balaban J connectivity index is 1.15. The summed E-state index contributed by atoms with van der Waals surface area (Å²) in [7, 11) is 0. The number of nitrogens with zero attached hydrogens (tertiary/aromatic N) is 2. The zero-order chi connectivity index (χ0) is 27.2. The number of rotatable bonds is 9. The van der Waals surface area contributed by atoms with Crippen LogP contribution in [0.1, 0.15) is 60.2 Å². The van der Waals surface area contributed by atoms with Crippen LogP contribution in [-0.4, -0.2) is 60.9 Å². The van der Waals surface area contributed by atoms with Gasteiger partial charge in [-0.2, -0.15) is 0 Å². The van der Waals surface area contributed by atoms with Crippen LogP contribution in [-0.2, 0) is 16.6 Å². The first-order chi connectivity index (χ1) is 19.0. The van der Waals surface area contributed by atoms with Gasteiger partial charge in [0.15, 0.2) is 0 Å².